The van der Waals surface area contributed by atoms with Crippen molar-refractivity contribution in [3.05, 3.63) is 70.5 Å². The zero-order chi connectivity index (χ0) is 23.1. The molecule has 0 aliphatic heterocycles. The number of Topliss-reactive ketones (excluding diaryl/α,β-unsaturated/α-hetero) is 1. The first kappa shape index (κ1) is 23.8. The first-order valence-corrected chi connectivity index (χ1v) is 11.5. The summed E-state index contributed by atoms with van der Waals surface area (Å²) < 4.78 is 7.71. The van der Waals surface area contributed by atoms with Gasteiger partial charge in [0.25, 0.3) is 0 Å². The van der Waals surface area contributed by atoms with Gasteiger partial charge in [0.1, 0.15) is 12.4 Å². The average molecular weight is 473 g/mol. The second kappa shape index (κ2) is 11.2. The minimum Gasteiger partial charge on any atom is -0.486 e. The quantitative estimate of drug-likeness (QED) is 0.344. The maximum absolute atomic E-state index is 12.6. The van der Waals surface area contributed by atoms with Gasteiger partial charge in [0.05, 0.1) is 5.25 Å². The minimum absolute atomic E-state index is 0.0172. The molecule has 0 bridgehead atoms. The lowest BCUT2D eigenvalue weighted by Gasteiger charge is -2.13. The molecule has 0 radical (unpaired) electrons. The number of carbonyl (C=O) groups excluding carboxylic acids is 2. The summed E-state index contributed by atoms with van der Waals surface area (Å²) in [4.78, 5) is 23.9. The van der Waals surface area contributed by atoms with Gasteiger partial charge in [-0.2, -0.15) is 0 Å². The fourth-order valence-corrected chi connectivity index (χ4v) is 3.99. The number of hydrogen-bond donors (Lipinski definition) is 1. The lowest BCUT2D eigenvalue weighted by Crippen LogP contribution is -2.30. The summed E-state index contributed by atoms with van der Waals surface area (Å²) in [6, 6.07) is 14.3. The highest BCUT2D eigenvalue weighted by atomic mass is 35.5. The van der Waals surface area contributed by atoms with Gasteiger partial charge in [-0.3, -0.25) is 9.59 Å². The molecule has 1 amide bonds. The number of rotatable bonds is 10. The topological polar surface area (TPSA) is 86.1 Å². The van der Waals surface area contributed by atoms with E-state index in [1.807, 2.05) is 30.5 Å². The Labute approximate surface area is 196 Å². The van der Waals surface area contributed by atoms with E-state index in [0.717, 1.165) is 5.56 Å². The first-order valence-electron chi connectivity index (χ1n) is 10.2. The number of amides is 1. The zero-order valence-electron chi connectivity index (χ0n) is 18.2. The minimum atomic E-state index is -0.356. The van der Waals surface area contributed by atoms with Crippen molar-refractivity contribution in [1.29, 1.82) is 0 Å². The highest BCUT2D eigenvalue weighted by molar-refractivity contribution is 8.00. The molecule has 1 heterocycles. The molecule has 9 heteroatoms. The van der Waals surface area contributed by atoms with Crippen LogP contribution in [0.25, 0.3) is 0 Å². The van der Waals surface area contributed by atoms with Gasteiger partial charge < -0.3 is 14.6 Å². The van der Waals surface area contributed by atoms with E-state index in [4.69, 9.17) is 16.3 Å². The number of halogens is 1. The van der Waals surface area contributed by atoms with Crippen molar-refractivity contribution >= 4 is 35.1 Å². The third-order valence-electron chi connectivity index (χ3n) is 4.77. The Kier molecular flexibility index (Phi) is 8.30. The molecule has 0 saturated heterocycles. The van der Waals surface area contributed by atoms with E-state index in [0.29, 0.717) is 40.4 Å². The van der Waals surface area contributed by atoms with Gasteiger partial charge in [-0.15, -0.1) is 10.2 Å². The van der Waals surface area contributed by atoms with Gasteiger partial charge in [0.2, 0.25) is 5.91 Å². The molecule has 1 atom stereocenters. The van der Waals surface area contributed by atoms with Crippen molar-refractivity contribution in [2.24, 2.45) is 0 Å². The molecule has 3 aromatic rings. The van der Waals surface area contributed by atoms with Crippen molar-refractivity contribution in [3.63, 3.8) is 0 Å². The Balaban J connectivity index is 1.55. The molecule has 0 spiro atoms. The van der Waals surface area contributed by atoms with Crippen LogP contribution in [0.4, 0.5) is 0 Å². The summed E-state index contributed by atoms with van der Waals surface area (Å²) in [5.41, 5.74) is 1.58. The SMILES string of the molecule is CCn1c(COc2ccc(Cl)cc2)nnc1S[C@@H](C)C(=O)NCc1ccc(C(C)=O)cc1. The number of aromatic nitrogens is 3. The van der Waals surface area contributed by atoms with E-state index >= 15 is 0 Å². The van der Waals surface area contributed by atoms with Crippen LogP contribution in [0.5, 0.6) is 5.75 Å². The van der Waals surface area contributed by atoms with Crippen LogP contribution < -0.4 is 10.1 Å². The summed E-state index contributed by atoms with van der Waals surface area (Å²) in [5, 5.41) is 12.4. The smallest absolute Gasteiger partial charge is 0.233 e. The summed E-state index contributed by atoms with van der Waals surface area (Å²) in [5.74, 6) is 1.29. The first-order chi connectivity index (χ1) is 15.4. The van der Waals surface area contributed by atoms with Crippen molar-refractivity contribution in [2.75, 3.05) is 0 Å². The van der Waals surface area contributed by atoms with E-state index < -0.39 is 0 Å². The van der Waals surface area contributed by atoms with Crippen LogP contribution in [0.2, 0.25) is 5.02 Å². The van der Waals surface area contributed by atoms with E-state index in [-0.39, 0.29) is 23.5 Å². The largest absolute Gasteiger partial charge is 0.486 e. The molecular formula is C23H25ClN4O3S. The summed E-state index contributed by atoms with van der Waals surface area (Å²) in [6.45, 7) is 6.67. The number of nitrogens with one attached hydrogen (secondary N) is 1. The molecular weight excluding hydrogens is 448 g/mol. The van der Waals surface area contributed by atoms with E-state index in [2.05, 4.69) is 15.5 Å². The summed E-state index contributed by atoms with van der Waals surface area (Å²) in [7, 11) is 0. The third-order valence-corrected chi connectivity index (χ3v) is 6.10. The number of ether oxygens (including phenoxy) is 1. The number of thioether (sulfide) groups is 1. The van der Waals surface area contributed by atoms with Gasteiger partial charge in [-0.1, -0.05) is 47.6 Å². The Morgan fingerprint density at radius 3 is 2.44 bits per heavy atom. The van der Waals surface area contributed by atoms with Crippen LogP contribution in [0, 0.1) is 0 Å². The lowest BCUT2D eigenvalue weighted by atomic mass is 10.1. The molecule has 0 fully saturated rings. The van der Waals surface area contributed by atoms with Crippen LogP contribution in [0.3, 0.4) is 0 Å². The second-order valence-electron chi connectivity index (χ2n) is 7.12. The maximum Gasteiger partial charge on any atom is 0.233 e. The molecule has 2 aromatic carbocycles. The molecule has 0 saturated carbocycles. The summed E-state index contributed by atoms with van der Waals surface area (Å²) in [6.07, 6.45) is 0. The van der Waals surface area contributed by atoms with Gasteiger partial charge >= 0.3 is 0 Å². The van der Waals surface area contributed by atoms with Crippen LogP contribution in [-0.2, 0) is 24.5 Å². The highest BCUT2D eigenvalue weighted by Crippen LogP contribution is 2.23. The number of carbonyl (C=O) groups is 2. The monoisotopic (exact) mass is 472 g/mol. The van der Waals surface area contributed by atoms with Crippen LogP contribution in [0.1, 0.15) is 42.5 Å². The van der Waals surface area contributed by atoms with Crippen molar-refractivity contribution in [1.82, 2.24) is 20.1 Å². The number of nitrogens with zero attached hydrogens (tertiary/aromatic N) is 3. The van der Waals surface area contributed by atoms with E-state index in [1.165, 1.54) is 18.7 Å². The molecule has 7 nitrogen and oxygen atoms in total. The molecule has 0 aliphatic rings. The van der Waals surface area contributed by atoms with Gasteiger partial charge in [0, 0.05) is 23.7 Å². The lowest BCUT2D eigenvalue weighted by molar-refractivity contribution is -0.120. The van der Waals surface area contributed by atoms with E-state index in [9.17, 15) is 9.59 Å². The Morgan fingerprint density at radius 1 is 1.12 bits per heavy atom. The zero-order valence-corrected chi connectivity index (χ0v) is 19.7. The average Bonchev–Trinajstić information content (AvgIpc) is 3.18. The number of ketones is 1. The second-order valence-corrected chi connectivity index (χ2v) is 8.86. The van der Waals surface area contributed by atoms with Gasteiger partial charge in [-0.25, -0.2) is 0 Å². The van der Waals surface area contributed by atoms with Crippen LogP contribution in [-0.4, -0.2) is 31.7 Å². The molecule has 3 rings (SSSR count). The van der Waals surface area contributed by atoms with Gasteiger partial charge in [-0.05, 0) is 50.6 Å². The predicted octanol–water partition coefficient (Wildman–Crippen LogP) is 4.53. The molecule has 168 valence electrons. The summed E-state index contributed by atoms with van der Waals surface area (Å²) >= 11 is 7.25. The molecule has 1 aromatic heterocycles. The fourth-order valence-electron chi connectivity index (χ4n) is 2.91. The predicted molar refractivity (Wildman–Crippen MR) is 125 cm³/mol. The molecule has 0 unspecified atom stereocenters. The third kappa shape index (κ3) is 6.34. The van der Waals surface area contributed by atoms with Crippen molar-refractivity contribution in [2.45, 2.75) is 50.9 Å². The van der Waals surface area contributed by atoms with Crippen molar-refractivity contribution in [3.8, 4) is 5.75 Å². The molecule has 0 aliphatic carbocycles. The van der Waals surface area contributed by atoms with Crippen LogP contribution in [0.15, 0.2) is 53.7 Å². The van der Waals surface area contributed by atoms with Crippen molar-refractivity contribution < 1.29 is 14.3 Å². The highest BCUT2D eigenvalue weighted by Gasteiger charge is 2.20. The molecule has 1 N–H and O–H groups in total. The standard InChI is InChI=1S/C23H25ClN4O3S/c1-4-28-21(14-31-20-11-9-19(24)10-12-20)26-27-23(28)32-16(3)22(30)25-13-17-5-7-18(8-6-17)15(2)29/h5-12,16H,4,13-14H2,1-3H3,(H,25,30)/t16-/m0/s1. The fraction of sp³-hybridized carbons (Fsp3) is 0.304. The number of hydrogen-bond acceptors (Lipinski definition) is 6. The normalized spacial score (nSPS) is 11.8. The Bertz CT molecular complexity index is 1070. The van der Waals surface area contributed by atoms with Gasteiger partial charge in [0.15, 0.2) is 16.8 Å². The Hall–Kier alpha value is -2.84. The van der Waals surface area contributed by atoms with Crippen LogP contribution >= 0.6 is 23.4 Å². The number of benzene rings is 2. The molecule has 32 heavy (non-hydrogen) atoms. The van der Waals surface area contributed by atoms with E-state index in [1.54, 1.807) is 36.4 Å². The Morgan fingerprint density at radius 2 is 1.81 bits per heavy atom. The maximum atomic E-state index is 12.6.